The standard InChI is InChI=1S/C7H11N3O3S/c1-14(13)4-2-3-8-7-9-5(11)6(12)10-7/h2-4H2,1H3,(H2,8,9,10,11,12). The van der Waals surface area contributed by atoms with Crippen molar-refractivity contribution in [3.05, 3.63) is 0 Å². The minimum absolute atomic E-state index is 0.182. The largest absolute Gasteiger partial charge is 0.316 e. The summed E-state index contributed by atoms with van der Waals surface area (Å²) in [5, 5.41) is 4.53. The Labute approximate surface area is 83.6 Å². The van der Waals surface area contributed by atoms with Crippen molar-refractivity contribution in [2.45, 2.75) is 6.42 Å². The first-order chi connectivity index (χ1) is 6.59. The molecule has 1 heterocycles. The number of nitrogens with zero attached hydrogens (tertiary/aromatic N) is 1. The molecule has 0 aromatic rings. The van der Waals surface area contributed by atoms with Crippen LogP contribution in [0.5, 0.6) is 0 Å². The molecule has 14 heavy (non-hydrogen) atoms. The molecule has 0 aromatic heterocycles. The van der Waals surface area contributed by atoms with E-state index in [9.17, 15) is 13.8 Å². The summed E-state index contributed by atoms with van der Waals surface area (Å²) in [4.78, 5) is 25.3. The summed E-state index contributed by atoms with van der Waals surface area (Å²) >= 11 is 0. The number of hydrogen-bond donors (Lipinski definition) is 2. The zero-order chi connectivity index (χ0) is 10.6. The number of aliphatic imine (C=N–C) groups is 1. The van der Waals surface area contributed by atoms with Crippen molar-refractivity contribution in [3.8, 4) is 0 Å². The summed E-state index contributed by atoms with van der Waals surface area (Å²) in [6.07, 6.45) is 2.28. The van der Waals surface area contributed by atoms with Gasteiger partial charge in [-0.2, -0.15) is 0 Å². The van der Waals surface area contributed by atoms with Crippen molar-refractivity contribution in [3.63, 3.8) is 0 Å². The summed E-state index contributed by atoms with van der Waals surface area (Å²) in [5.74, 6) is -0.633. The van der Waals surface area contributed by atoms with E-state index in [1.165, 1.54) is 0 Å². The summed E-state index contributed by atoms with van der Waals surface area (Å²) in [6.45, 7) is 0.440. The summed E-state index contributed by atoms with van der Waals surface area (Å²) in [5.41, 5.74) is 0. The molecule has 1 unspecified atom stereocenters. The SMILES string of the molecule is CS(=O)CCCN=C1NC(=O)C(=O)N1. The van der Waals surface area contributed by atoms with Crippen molar-refractivity contribution < 1.29 is 13.8 Å². The average Bonchev–Trinajstić information content (AvgIpc) is 2.40. The molecule has 0 spiro atoms. The monoisotopic (exact) mass is 217 g/mol. The van der Waals surface area contributed by atoms with Gasteiger partial charge in [0.2, 0.25) is 5.96 Å². The molecule has 2 N–H and O–H groups in total. The first-order valence-corrected chi connectivity index (χ1v) is 5.79. The highest BCUT2D eigenvalue weighted by Crippen LogP contribution is 1.88. The van der Waals surface area contributed by atoms with Crippen LogP contribution in [-0.2, 0) is 20.4 Å². The first kappa shape index (κ1) is 10.8. The second-order valence-corrected chi connectivity index (χ2v) is 4.32. The average molecular weight is 217 g/mol. The van der Waals surface area contributed by atoms with Crippen LogP contribution in [0.15, 0.2) is 4.99 Å². The molecule has 1 fully saturated rings. The minimum atomic E-state index is -0.826. The number of amides is 2. The van der Waals surface area contributed by atoms with E-state index in [1.807, 2.05) is 0 Å². The highest BCUT2D eigenvalue weighted by atomic mass is 32.2. The maximum Gasteiger partial charge on any atom is 0.316 e. The van der Waals surface area contributed by atoms with E-state index >= 15 is 0 Å². The second kappa shape index (κ2) is 4.85. The second-order valence-electron chi connectivity index (χ2n) is 2.77. The van der Waals surface area contributed by atoms with Gasteiger partial charge < -0.3 is 0 Å². The number of hydrogen-bond acceptors (Lipinski definition) is 4. The van der Waals surface area contributed by atoms with Crippen molar-refractivity contribution in [1.29, 1.82) is 0 Å². The summed E-state index contributed by atoms with van der Waals surface area (Å²) in [7, 11) is -0.826. The van der Waals surface area contributed by atoms with Gasteiger partial charge in [-0.3, -0.25) is 29.4 Å². The van der Waals surface area contributed by atoms with Crippen LogP contribution in [0.1, 0.15) is 6.42 Å². The molecule has 0 saturated carbocycles. The number of rotatable bonds is 4. The first-order valence-electron chi connectivity index (χ1n) is 4.06. The lowest BCUT2D eigenvalue weighted by molar-refractivity contribution is -0.135. The summed E-state index contributed by atoms with van der Waals surface area (Å²) in [6, 6.07) is 0. The van der Waals surface area contributed by atoms with E-state index in [0.29, 0.717) is 18.7 Å². The van der Waals surface area contributed by atoms with Gasteiger partial charge in [-0.25, -0.2) is 0 Å². The van der Waals surface area contributed by atoms with Gasteiger partial charge in [-0.15, -0.1) is 0 Å². The van der Waals surface area contributed by atoms with Crippen molar-refractivity contribution in [2.24, 2.45) is 4.99 Å². The van der Waals surface area contributed by atoms with E-state index < -0.39 is 22.6 Å². The maximum absolute atomic E-state index is 10.7. The molecule has 1 atom stereocenters. The Bertz CT molecular complexity index is 295. The van der Waals surface area contributed by atoms with E-state index in [0.717, 1.165) is 0 Å². The zero-order valence-electron chi connectivity index (χ0n) is 7.70. The molecule has 0 radical (unpaired) electrons. The quantitative estimate of drug-likeness (QED) is 0.437. The molecule has 6 nitrogen and oxygen atoms in total. The van der Waals surface area contributed by atoms with Gasteiger partial charge in [0.25, 0.3) is 0 Å². The highest BCUT2D eigenvalue weighted by molar-refractivity contribution is 7.84. The minimum Gasteiger partial charge on any atom is -0.288 e. The Morgan fingerprint density at radius 3 is 2.36 bits per heavy atom. The van der Waals surface area contributed by atoms with Gasteiger partial charge in [0.1, 0.15) is 0 Å². The van der Waals surface area contributed by atoms with Crippen LogP contribution in [0.25, 0.3) is 0 Å². The molecule has 0 bridgehead atoms. The molecular formula is C7H11N3O3S. The van der Waals surface area contributed by atoms with Crippen LogP contribution in [0.2, 0.25) is 0 Å². The normalized spacial score (nSPS) is 17.6. The number of guanidine groups is 1. The topological polar surface area (TPSA) is 87.6 Å². The van der Waals surface area contributed by atoms with Crippen LogP contribution in [0, 0.1) is 0 Å². The van der Waals surface area contributed by atoms with E-state index in [2.05, 4.69) is 15.6 Å². The highest BCUT2D eigenvalue weighted by Gasteiger charge is 2.24. The lowest BCUT2D eigenvalue weighted by Gasteiger charge is -1.96. The Hall–Kier alpha value is -1.24. The van der Waals surface area contributed by atoms with Crippen LogP contribution in [0.3, 0.4) is 0 Å². The zero-order valence-corrected chi connectivity index (χ0v) is 8.52. The predicted molar refractivity (Wildman–Crippen MR) is 52.1 cm³/mol. The smallest absolute Gasteiger partial charge is 0.288 e. The Morgan fingerprint density at radius 2 is 1.86 bits per heavy atom. The number of nitrogens with one attached hydrogen (secondary N) is 2. The molecule has 1 rings (SSSR count). The van der Waals surface area contributed by atoms with Crippen molar-refractivity contribution in [2.75, 3.05) is 18.6 Å². The Morgan fingerprint density at radius 1 is 1.29 bits per heavy atom. The lowest BCUT2D eigenvalue weighted by atomic mass is 10.5. The molecule has 1 saturated heterocycles. The van der Waals surface area contributed by atoms with Gasteiger partial charge >= 0.3 is 11.8 Å². The number of carbonyl (C=O) groups is 2. The predicted octanol–water partition coefficient (Wildman–Crippen LogP) is -1.64. The fourth-order valence-electron chi connectivity index (χ4n) is 0.898. The van der Waals surface area contributed by atoms with Crippen molar-refractivity contribution in [1.82, 2.24) is 10.6 Å². The molecular weight excluding hydrogens is 206 g/mol. The fraction of sp³-hybridized carbons (Fsp3) is 0.571. The van der Waals surface area contributed by atoms with Crippen LogP contribution >= 0.6 is 0 Å². The van der Waals surface area contributed by atoms with E-state index in [1.54, 1.807) is 6.26 Å². The molecule has 0 aliphatic carbocycles. The van der Waals surface area contributed by atoms with E-state index in [4.69, 9.17) is 0 Å². The number of carbonyl (C=O) groups excluding carboxylic acids is 2. The van der Waals surface area contributed by atoms with Gasteiger partial charge in [0, 0.05) is 29.4 Å². The molecule has 2 amide bonds. The molecule has 78 valence electrons. The fourth-order valence-corrected chi connectivity index (χ4v) is 1.43. The van der Waals surface area contributed by atoms with E-state index in [-0.39, 0.29) is 5.96 Å². The Kier molecular flexibility index (Phi) is 3.75. The van der Waals surface area contributed by atoms with Crippen LogP contribution in [0.4, 0.5) is 0 Å². The summed E-state index contributed by atoms with van der Waals surface area (Å²) < 4.78 is 10.7. The third-order valence-electron chi connectivity index (χ3n) is 1.53. The molecule has 7 heteroatoms. The van der Waals surface area contributed by atoms with Crippen LogP contribution in [-0.4, -0.2) is 40.5 Å². The van der Waals surface area contributed by atoms with Gasteiger partial charge in [-0.05, 0) is 6.42 Å². The van der Waals surface area contributed by atoms with Gasteiger partial charge in [0.05, 0.1) is 0 Å². The molecule has 0 aromatic carbocycles. The molecule has 1 aliphatic rings. The van der Waals surface area contributed by atoms with Gasteiger partial charge in [0.15, 0.2) is 0 Å². The third-order valence-corrected chi connectivity index (χ3v) is 2.39. The molecule has 1 aliphatic heterocycles. The third kappa shape index (κ3) is 3.25. The lowest BCUT2D eigenvalue weighted by Crippen LogP contribution is -2.26. The Balaban J connectivity index is 2.29. The maximum atomic E-state index is 10.7. The van der Waals surface area contributed by atoms with Crippen LogP contribution < -0.4 is 10.6 Å². The van der Waals surface area contributed by atoms with Crippen molar-refractivity contribution >= 4 is 28.6 Å². The van der Waals surface area contributed by atoms with Gasteiger partial charge in [-0.1, -0.05) is 0 Å².